The fraction of sp³-hybridized carbons (Fsp3) is 0.364. The zero-order chi connectivity index (χ0) is 10.8. The minimum Gasteiger partial charge on any atom is -0.192 e. The van der Waals surface area contributed by atoms with Gasteiger partial charge in [-0.15, -0.1) is 11.3 Å². The van der Waals surface area contributed by atoms with E-state index in [1.807, 2.05) is 38.3 Å². The molecule has 0 saturated heterocycles. The molecule has 0 spiro atoms. The van der Waals surface area contributed by atoms with Crippen LogP contribution in [0, 0.1) is 16.7 Å². The van der Waals surface area contributed by atoms with Crippen LogP contribution in [0.25, 0.3) is 5.57 Å². The molecule has 0 bridgehead atoms. The van der Waals surface area contributed by atoms with Gasteiger partial charge in [0.25, 0.3) is 0 Å². The molecule has 0 amide bonds. The summed E-state index contributed by atoms with van der Waals surface area (Å²) >= 11 is 7.71. The Morgan fingerprint density at radius 2 is 2.14 bits per heavy atom. The van der Waals surface area contributed by atoms with Crippen molar-refractivity contribution in [3.63, 3.8) is 0 Å². The molecule has 0 aliphatic heterocycles. The molecule has 0 aliphatic carbocycles. The Morgan fingerprint density at radius 3 is 2.50 bits per heavy atom. The van der Waals surface area contributed by atoms with E-state index in [1.165, 1.54) is 11.3 Å². The molecule has 0 atom stereocenters. The van der Waals surface area contributed by atoms with Crippen LogP contribution in [0.2, 0.25) is 0 Å². The predicted molar refractivity (Wildman–Crippen MR) is 62.2 cm³/mol. The fourth-order valence-corrected chi connectivity index (χ4v) is 1.93. The van der Waals surface area contributed by atoms with Crippen LogP contribution in [0.3, 0.4) is 0 Å². The number of halogens is 1. The molecule has 0 N–H and O–H groups in total. The van der Waals surface area contributed by atoms with Crippen molar-refractivity contribution in [3.8, 4) is 6.07 Å². The highest BCUT2D eigenvalue weighted by Gasteiger charge is 2.20. The lowest BCUT2D eigenvalue weighted by molar-refractivity contribution is 0.533. The molecule has 74 valence electrons. The van der Waals surface area contributed by atoms with Crippen molar-refractivity contribution in [3.05, 3.63) is 27.4 Å². The quantitative estimate of drug-likeness (QED) is 0.655. The Bertz CT molecular complexity index is 376. The third-order valence-electron chi connectivity index (χ3n) is 1.76. The Morgan fingerprint density at radius 1 is 1.50 bits per heavy atom. The van der Waals surface area contributed by atoms with E-state index >= 15 is 0 Å². The summed E-state index contributed by atoms with van der Waals surface area (Å²) in [6.07, 6.45) is 0. The van der Waals surface area contributed by atoms with Crippen LogP contribution in [-0.2, 0) is 0 Å². The van der Waals surface area contributed by atoms with Gasteiger partial charge < -0.3 is 0 Å². The number of rotatable bonds is 1. The Balaban J connectivity index is 3.23. The van der Waals surface area contributed by atoms with Gasteiger partial charge in [0, 0.05) is 9.91 Å². The van der Waals surface area contributed by atoms with Crippen molar-refractivity contribution < 1.29 is 0 Å². The standard InChI is InChI=1S/C11H12ClNS/c1-11(2,3)10(12)8(7-13)9-5-4-6-14-9/h4-6H,1-3H3/b10-8+. The molecule has 1 heterocycles. The summed E-state index contributed by atoms with van der Waals surface area (Å²) in [6, 6.07) is 6.00. The van der Waals surface area contributed by atoms with Gasteiger partial charge in [0.05, 0.1) is 5.57 Å². The van der Waals surface area contributed by atoms with Crippen molar-refractivity contribution in [2.24, 2.45) is 5.41 Å². The highest BCUT2D eigenvalue weighted by atomic mass is 35.5. The first kappa shape index (κ1) is 11.3. The van der Waals surface area contributed by atoms with E-state index in [4.69, 9.17) is 16.9 Å². The van der Waals surface area contributed by atoms with Gasteiger partial charge in [-0.25, -0.2) is 0 Å². The molecule has 0 fully saturated rings. The smallest absolute Gasteiger partial charge is 0.102 e. The van der Waals surface area contributed by atoms with Gasteiger partial charge in [-0.2, -0.15) is 5.26 Å². The zero-order valence-electron chi connectivity index (χ0n) is 8.47. The van der Waals surface area contributed by atoms with E-state index in [9.17, 15) is 0 Å². The average Bonchev–Trinajstić information content (AvgIpc) is 2.57. The lowest BCUT2D eigenvalue weighted by Gasteiger charge is -2.18. The fourth-order valence-electron chi connectivity index (χ4n) is 1.01. The van der Waals surface area contributed by atoms with E-state index < -0.39 is 0 Å². The van der Waals surface area contributed by atoms with Gasteiger partial charge >= 0.3 is 0 Å². The maximum absolute atomic E-state index is 9.05. The van der Waals surface area contributed by atoms with Gasteiger partial charge in [-0.3, -0.25) is 0 Å². The minimum absolute atomic E-state index is 0.170. The Hall–Kier alpha value is -0.780. The lowest BCUT2D eigenvalue weighted by Crippen LogP contribution is -2.06. The van der Waals surface area contributed by atoms with E-state index in [2.05, 4.69) is 6.07 Å². The van der Waals surface area contributed by atoms with Crippen molar-refractivity contribution in [2.75, 3.05) is 0 Å². The van der Waals surface area contributed by atoms with Gasteiger partial charge in [-0.1, -0.05) is 38.4 Å². The van der Waals surface area contributed by atoms with Gasteiger partial charge in [0.1, 0.15) is 6.07 Å². The van der Waals surface area contributed by atoms with Crippen LogP contribution >= 0.6 is 22.9 Å². The Kier molecular flexibility index (Phi) is 3.36. The summed E-state index contributed by atoms with van der Waals surface area (Å²) in [5.41, 5.74) is 0.422. The van der Waals surface area contributed by atoms with Gasteiger partial charge in [-0.05, 0) is 16.9 Å². The molecule has 0 unspecified atom stereocenters. The predicted octanol–water partition coefficient (Wildman–Crippen LogP) is 4.27. The lowest BCUT2D eigenvalue weighted by atomic mass is 9.93. The molecule has 1 nitrogen and oxygen atoms in total. The van der Waals surface area contributed by atoms with Crippen LogP contribution in [0.4, 0.5) is 0 Å². The van der Waals surface area contributed by atoms with Crippen molar-refractivity contribution in [2.45, 2.75) is 20.8 Å². The van der Waals surface area contributed by atoms with E-state index in [-0.39, 0.29) is 5.41 Å². The second-order valence-electron chi connectivity index (χ2n) is 4.03. The minimum atomic E-state index is -0.170. The molecular formula is C11H12ClNS. The summed E-state index contributed by atoms with van der Waals surface area (Å²) < 4.78 is 0. The topological polar surface area (TPSA) is 23.8 Å². The number of hydrogen-bond acceptors (Lipinski definition) is 2. The van der Waals surface area contributed by atoms with Gasteiger partial charge in [0.15, 0.2) is 0 Å². The highest BCUT2D eigenvalue weighted by Crippen LogP contribution is 2.36. The Labute approximate surface area is 93.6 Å². The summed E-state index contributed by atoms with van der Waals surface area (Å²) in [5, 5.41) is 11.6. The van der Waals surface area contributed by atoms with Crippen molar-refractivity contribution >= 4 is 28.5 Å². The molecular weight excluding hydrogens is 214 g/mol. The molecule has 1 aromatic heterocycles. The number of nitriles is 1. The van der Waals surface area contributed by atoms with E-state index in [0.717, 1.165) is 4.88 Å². The maximum Gasteiger partial charge on any atom is 0.102 e. The molecule has 3 heteroatoms. The van der Waals surface area contributed by atoms with Crippen LogP contribution in [-0.4, -0.2) is 0 Å². The van der Waals surface area contributed by atoms with Crippen molar-refractivity contribution in [1.29, 1.82) is 5.26 Å². The molecule has 0 aliphatic rings. The third-order valence-corrected chi connectivity index (χ3v) is 3.40. The summed E-state index contributed by atoms with van der Waals surface area (Å²) in [7, 11) is 0. The maximum atomic E-state index is 9.05. The largest absolute Gasteiger partial charge is 0.192 e. The second kappa shape index (κ2) is 4.16. The summed E-state index contributed by atoms with van der Waals surface area (Å²) in [4.78, 5) is 0.937. The second-order valence-corrected chi connectivity index (χ2v) is 5.35. The first-order valence-electron chi connectivity index (χ1n) is 4.31. The number of thiophene rings is 1. The van der Waals surface area contributed by atoms with Crippen molar-refractivity contribution in [1.82, 2.24) is 0 Å². The number of allylic oxidation sites excluding steroid dienone is 2. The highest BCUT2D eigenvalue weighted by molar-refractivity contribution is 7.11. The normalized spacial score (nSPS) is 13.4. The molecule has 1 aromatic rings. The van der Waals surface area contributed by atoms with Gasteiger partial charge in [0.2, 0.25) is 0 Å². The SMILES string of the molecule is CC(C)(C)/C(Cl)=C(/C#N)c1cccs1. The number of hydrogen-bond donors (Lipinski definition) is 0. The molecule has 0 radical (unpaired) electrons. The van der Waals surface area contributed by atoms with Crippen LogP contribution < -0.4 is 0 Å². The third kappa shape index (κ3) is 2.37. The monoisotopic (exact) mass is 225 g/mol. The molecule has 14 heavy (non-hydrogen) atoms. The first-order valence-corrected chi connectivity index (χ1v) is 5.57. The van der Waals surface area contributed by atoms with E-state index in [1.54, 1.807) is 0 Å². The van der Waals surface area contributed by atoms with Crippen LogP contribution in [0.1, 0.15) is 25.6 Å². The average molecular weight is 226 g/mol. The zero-order valence-corrected chi connectivity index (χ0v) is 10.0. The first-order chi connectivity index (χ1) is 6.46. The molecule has 0 aromatic carbocycles. The van der Waals surface area contributed by atoms with E-state index in [0.29, 0.717) is 10.6 Å². The number of nitrogens with zero attached hydrogens (tertiary/aromatic N) is 1. The van der Waals surface area contributed by atoms with Crippen LogP contribution in [0.15, 0.2) is 22.5 Å². The molecule has 0 saturated carbocycles. The summed E-state index contributed by atoms with van der Waals surface area (Å²) in [5.74, 6) is 0. The summed E-state index contributed by atoms with van der Waals surface area (Å²) in [6.45, 7) is 6.00. The van der Waals surface area contributed by atoms with Crippen LogP contribution in [0.5, 0.6) is 0 Å². The molecule has 1 rings (SSSR count).